The van der Waals surface area contributed by atoms with Crippen LogP contribution in [0.5, 0.6) is 0 Å². The molecule has 0 saturated carbocycles. The van der Waals surface area contributed by atoms with Gasteiger partial charge in [-0.25, -0.2) is 0 Å². The van der Waals surface area contributed by atoms with Crippen molar-refractivity contribution >= 4 is 5.78 Å². The lowest BCUT2D eigenvalue weighted by atomic mass is 9.89. The number of carbonyl (C=O) groups excluding carboxylic acids is 1. The van der Waals surface area contributed by atoms with Crippen molar-refractivity contribution in [3.8, 4) is 0 Å². The Hall–Kier alpha value is -1.15. The normalized spacial score (nSPS) is 22.1. The van der Waals surface area contributed by atoms with Gasteiger partial charge in [0.1, 0.15) is 0 Å². The number of hydrogen-bond acceptors (Lipinski definition) is 2. The maximum atomic E-state index is 11.3. The van der Waals surface area contributed by atoms with E-state index in [4.69, 9.17) is 0 Å². The van der Waals surface area contributed by atoms with Crippen molar-refractivity contribution in [2.75, 3.05) is 0 Å². The van der Waals surface area contributed by atoms with Gasteiger partial charge in [-0.2, -0.15) is 0 Å². The molecule has 0 spiro atoms. The molecule has 2 nitrogen and oxygen atoms in total. The van der Waals surface area contributed by atoms with E-state index in [0.717, 1.165) is 5.56 Å². The predicted octanol–water partition coefficient (Wildman–Crippen LogP) is 1.70. The number of fused-ring (bicyclic) bond motifs is 1. The van der Waals surface area contributed by atoms with Crippen LogP contribution in [0.25, 0.3) is 0 Å². The Morgan fingerprint density at radius 1 is 1.33 bits per heavy atom. The van der Waals surface area contributed by atoms with Gasteiger partial charge in [0.15, 0.2) is 5.78 Å². The maximum Gasteiger partial charge on any atom is 0.163 e. The van der Waals surface area contributed by atoms with Crippen LogP contribution in [0.15, 0.2) is 24.3 Å². The van der Waals surface area contributed by atoms with E-state index in [-0.39, 0.29) is 5.78 Å². The van der Waals surface area contributed by atoms with E-state index in [9.17, 15) is 9.90 Å². The Morgan fingerprint density at radius 3 is 2.83 bits per heavy atom. The number of carbonyl (C=O) groups is 1. The second-order valence-corrected chi connectivity index (χ2v) is 3.06. The molecule has 62 valence electrons. The first-order valence-corrected chi connectivity index (χ1v) is 4.09. The third-order valence-corrected chi connectivity index (χ3v) is 2.27. The van der Waals surface area contributed by atoms with Crippen LogP contribution in [0.3, 0.4) is 0 Å². The van der Waals surface area contributed by atoms with Crippen molar-refractivity contribution in [3.63, 3.8) is 0 Å². The molecule has 1 aliphatic rings. The third-order valence-electron chi connectivity index (χ3n) is 2.27. The Morgan fingerprint density at radius 2 is 2.08 bits per heavy atom. The van der Waals surface area contributed by atoms with Crippen molar-refractivity contribution < 1.29 is 9.90 Å². The van der Waals surface area contributed by atoms with E-state index in [1.807, 2.05) is 18.2 Å². The SMILES string of the molecule is O=C1CC[C@@H](O)c2ccccc21. The number of benzene rings is 1. The average Bonchev–Trinajstić information content (AvgIpc) is 2.12. The molecule has 12 heavy (non-hydrogen) atoms. The molecule has 0 unspecified atom stereocenters. The highest BCUT2D eigenvalue weighted by molar-refractivity contribution is 5.98. The van der Waals surface area contributed by atoms with Gasteiger partial charge in [-0.3, -0.25) is 4.79 Å². The minimum absolute atomic E-state index is 0.149. The Labute approximate surface area is 70.8 Å². The zero-order valence-electron chi connectivity index (χ0n) is 6.66. The fraction of sp³-hybridized carbons (Fsp3) is 0.300. The molecule has 0 aliphatic heterocycles. The maximum absolute atomic E-state index is 11.3. The van der Waals surface area contributed by atoms with Gasteiger partial charge < -0.3 is 5.11 Å². The number of aliphatic hydroxyl groups is 1. The van der Waals surface area contributed by atoms with Gasteiger partial charge in [-0.05, 0) is 12.0 Å². The molecule has 0 amide bonds. The smallest absolute Gasteiger partial charge is 0.163 e. The Balaban J connectivity index is 2.55. The van der Waals surface area contributed by atoms with E-state index in [0.29, 0.717) is 18.4 Å². The van der Waals surface area contributed by atoms with Crippen LogP contribution in [0, 0.1) is 0 Å². The first kappa shape index (κ1) is 7.50. The van der Waals surface area contributed by atoms with Crippen LogP contribution in [0.4, 0.5) is 0 Å². The van der Waals surface area contributed by atoms with E-state index >= 15 is 0 Å². The summed E-state index contributed by atoms with van der Waals surface area (Å²) in [5.41, 5.74) is 1.48. The molecule has 2 rings (SSSR count). The minimum atomic E-state index is -0.445. The van der Waals surface area contributed by atoms with E-state index in [1.54, 1.807) is 6.07 Å². The van der Waals surface area contributed by atoms with Gasteiger partial charge in [0, 0.05) is 12.0 Å². The lowest BCUT2D eigenvalue weighted by molar-refractivity contribution is 0.0897. The fourth-order valence-corrected chi connectivity index (χ4v) is 1.60. The molecule has 0 radical (unpaired) electrons. The van der Waals surface area contributed by atoms with Gasteiger partial charge in [0.25, 0.3) is 0 Å². The summed E-state index contributed by atoms with van der Waals surface area (Å²) >= 11 is 0. The number of hydrogen-bond donors (Lipinski definition) is 1. The van der Waals surface area contributed by atoms with Crippen LogP contribution in [-0.2, 0) is 0 Å². The summed E-state index contributed by atoms with van der Waals surface area (Å²) in [6.07, 6.45) is 0.590. The second kappa shape index (κ2) is 2.72. The van der Waals surface area contributed by atoms with Gasteiger partial charge in [0.2, 0.25) is 0 Å². The molecule has 0 bridgehead atoms. The predicted molar refractivity (Wildman–Crippen MR) is 45.0 cm³/mol. The minimum Gasteiger partial charge on any atom is -0.388 e. The Kier molecular flexibility index (Phi) is 1.70. The third kappa shape index (κ3) is 1.04. The van der Waals surface area contributed by atoms with Crippen molar-refractivity contribution in [2.45, 2.75) is 18.9 Å². The molecular weight excluding hydrogens is 152 g/mol. The average molecular weight is 162 g/mol. The Bertz CT molecular complexity index is 317. The van der Waals surface area contributed by atoms with E-state index in [1.165, 1.54) is 0 Å². The van der Waals surface area contributed by atoms with Crippen LogP contribution in [-0.4, -0.2) is 10.9 Å². The van der Waals surface area contributed by atoms with Crippen LogP contribution < -0.4 is 0 Å². The quantitative estimate of drug-likeness (QED) is 0.630. The number of rotatable bonds is 0. The van der Waals surface area contributed by atoms with Crippen molar-refractivity contribution in [1.29, 1.82) is 0 Å². The second-order valence-electron chi connectivity index (χ2n) is 3.06. The molecule has 0 aromatic heterocycles. The topological polar surface area (TPSA) is 37.3 Å². The zero-order valence-corrected chi connectivity index (χ0v) is 6.66. The summed E-state index contributed by atoms with van der Waals surface area (Å²) < 4.78 is 0. The number of ketones is 1. The van der Waals surface area contributed by atoms with Crippen LogP contribution in [0.2, 0.25) is 0 Å². The monoisotopic (exact) mass is 162 g/mol. The summed E-state index contributed by atoms with van der Waals surface area (Å²) in [7, 11) is 0. The standard InChI is InChI=1S/C10H10O2/c11-9-5-6-10(12)8-4-2-1-3-7(8)9/h1-4,9,11H,5-6H2/t9-/m1/s1. The molecule has 0 fully saturated rings. The number of aliphatic hydroxyl groups excluding tert-OH is 1. The molecule has 2 heteroatoms. The zero-order chi connectivity index (χ0) is 8.55. The molecule has 1 aromatic carbocycles. The first-order chi connectivity index (χ1) is 5.79. The van der Waals surface area contributed by atoms with Gasteiger partial charge in [0.05, 0.1) is 6.10 Å². The molecule has 1 aromatic rings. The van der Waals surface area contributed by atoms with Gasteiger partial charge >= 0.3 is 0 Å². The molecular formula is C10H10O2. The molecule has 1 atom stereocenters. The van der Waals surface area contributed by atoms with Crippen LogP contribution in [0.1, 0.15) is 34.9 Å². The van der Waals surface area contributed by atoms with Crippen molar-refractivity contribution in [3.05, 3.63) is 35.4 Å². The summed E-state index contributed by atoms with van der Waals surface area (Å²) in [5.74, 6) is 0.149. The molecule has 0 heterocycles. The summed E-state index contributed by atoms with van der Waals surface area (Å²) in [6.45, 7) is 0. The highest BCUT2D eigenvalue weighted by Gasteiger charge is 2.22. The highest BCUT2D eigenvalue weighted by atomic mass is 16.3. The summed E-state index contributed by atoms with van der Waals surface area (Å²) in [5, 5.41) is 9.53. The van der Waals surface area contributed by atoms with E-state index < -0.39 is 6.10 Å². The number of Topliss-reactive ketones (excluding diaryl/α,β-unsaturated/α-hetero) is 1. The summed E-state index contributed by atoms with van der Waals surface area (Å²) in [4.78, 5) is 11.3. The van der Waals surface area contributed by atoms with Gasteiger partial charge in [-0.1, -0.05) is 24.3 Å². The largest absolute Gasteiger partial charge is 0.388 e. The lowest BCUT2D eigenvalue weighted by Crippen LogP contribution is -2.14. The van der Waals surface area contributed by atoms with Gasteiger partial charge in [-0.15, -0.1) is 0 Å². The highest BCUT2D eigenvalue weighted by Crippen LogP contribution is 2.28. The first-order valence-electron chi connectivity index (χ1n) is 4.09. The van der Waals surface area contributed by atoms with E-state index in [2.05, 4.69) is 0 Å². The van der Waals surface area contributed by atoms with Crippen molar-refractivity contribution in [2.24, 2.45) is 0 Å². The lowest BCUT2D eigenvalue weighted by Gasteiger charge is -2.19. The molecule has 1 N–H and O–H groups in total. The fourth-order valence-electron chi connectivity index (χ4n) is 1.60. The summed E-state index contributed by atoms with van der Waals surface area (Å²) in [6, 6.07) is 7.27. The molecule has 0 saturated heterocycles. The van der Waals surface area contributed by atoms with Crippen LogP contribution >= 0.6 is 0 Å². The molecule has 1 aliphatic carbocycles. The van der Waals surface area contributed by atoms with Crippen molar-refractivity contribution in [1.82, 2.24) is 0 Å².